The lowest BCUT2D eigenvalue weighted by molar-refractivity contribution is 0.102. The first kappa shape index (κ1) is 12.0. The van der Waals surface area contributed by atoms with Crippen LogP contribution in [0.2, 0.25) is 0 Å². The van der Waals surface area contributed by atoms with Crippen LogP contribution in [0.25, 0.3) is 5.82 Å². The number of anilines is 1. The molecule has 2 N–H and O–H groups in total. The Bertz CT molecular complexity index is 715. The summed E-state index contributed by atoms with van der Waals surface area (Å²) < 4.78 is 1.51. The highest BCUT2D eigenvalue weighted by molar-refractivity contribution is 6.03. The van der Waals surface area contributed by atoms with Crippen molar-refractivity contribution >= 4 is 11.7 Å². The molecule has 0 aliphatic rings. The van der Waals surface area contributed by atoms with Crippen LogP contribution < -0.4 is 5.32 Å². The molecule has 100 valence electrons. The standard InChI is InChI=1S/C12H11N7O/c1-8-4-10(18-17-8)16-12(20)9-2-3-11(14-5-9)19-7-13-6-15-19/h2-7H,1H3,(H2,16,17,18,20). The van der Waals surface area contributed by atoms with Crippen molar-refractivity contribution in [2.45, 2.75) is 6.92 Å². The van der Waals surface area contributed by atoms with E-state index in [1.54, 1.807) is 18.2 Å². The first-order valence-corrected chi connectivity index (χ1v) is 5.87. The minimum absolute atomic E-state index is 0.269. The Morgan fingerprint density at radius 2 is 2.30 bits per heavy atom. The number of pyridine rings is 1. The van der Waals surface area contributed by atoms with Crippen molar-refractivity contribution in [3.63, 3.8) is 0 Å². The van der Waals surface area contributed by atoms with Crippen molar-refractivity contribution in [2.24, 2.45) is 0 Å². The number of nitrogens with one attached hydrogen (secondary N) is 2. The highest BCUT2D eigenvalue weighted by Gasteiger charge is 2.09. The molecule has 0 radical (unpaired) electrons. The van der Waals surface area contributed by atoms with Gasteiger partial charge in [-0.1, -0.05) is 0 Å². The molecule has 0 aromatic carbocycles. The second kappa shape index (κ2) is 4.92. The molecule has 1 amide bonds. The number of carbonyl (C=O) groups excluding carboxylic acids is 1. The Morgan fingerprint density at radius 3 is 2.90 bits per heavy atom. The van der Waals surface area contributed by atoms with Crippen LogP contribution in [0.1, 0.15) is 16.1 Å². The fourth-order valence-electron chi connectivity index (χ4n) is 1.65. The van der Waals surface area contributed by atoms with Gasteiger partial charge < -0.3 is 5.32 Å². The van der Waals surface area contributed by atoms with Gasteiger partial charge in [0.15, 0.2) is 11.6 Å². The molecule has 0 spiro atoms. The normalized spacial score (nSPS) is 10.4. The van der Waals surface area contributed by atoms with Gasteiger partial charge in [-0.05, 0) is 19.1 Å². The summed E-state index contributed by atoms with van der Waals surface area (Å²) in [4.78, 5) is 20.0. The van der Waals surface area contributed by atoms with Crippen molar-refractivity contribution in [2.75, 3.05) is 5.32 Å². The van der Waals surface area contributed by atoms with Gasteiger partial charge >= 0.3 is 0 Å². The summed E-state index contributed by atoms with van der Waals surface area (Å²) in [6, 6.07) is 5.10. The van der Waals surface area contributed by atoms with Crippen LogP contribution >= 0.6 is 0 Å². The van der Waals surface area contributed by atoms with Gasteiger partial charge in [-0.25, -0.2) is 14.6 Å². The first-order chi connectivity index (χ1) is 9.72. The summed E-state index contributed by atoms with van der Waals surface area (Å²) in [5.41, 5.74) is 1.31. The molecule has 0 unspecified atom stereocenters. The molecule has 3 rings (SSSR count). The zero-order chi connectivity index (χ0) is 13.9. The zero-order valence-electron chi connectivity index (χ0n) is 10.6. The summed E-state index contributed by atoms with van der Waals surface area (Å²) in [6.45, 7) is 1.86. The summed E-state index contributed by atoms with van der Waals surface area (Å²) >= 11 is 0. The van der Waals surface area contributed by atoms with Crippen LogP contribution in [-0.2, 0) is 0 Å². The predicted octanol–water partition coefficient (Wildman–Crippen LogP) is 0.946. The number of nitrogens with zero attached hydrogens (tertiary/aromatic N) is 5. The molecule has 8 heteroatoms. The summed E-state index contributed by atoms with van der Waals surface area (Å²) in [7, 11) is 0. The largest absolute Gasteiger partial charge is 0.305 e. The van der Waals surface area contributed by atoms with Crippen LogP contribution in [0, 0.1) is 6.92 Å². The average Bonchev–Trinajstić information content (AvgIpc) is 3.11. The summed E-state index contributed by atoms with van der Waals surface area (Å²) in [5, 5.41) is 13.3. The molecule has 0 saturated heterocycles. The number of aromatic nitrogens is 6. The van der Waals surface area contributed by atoms with Gasteiger partial charge in [-0.15, -0.1) is 0 Å². The van der Waals surface area contributed by atoms with Crippen LogP contribution in [0.5, 0.6) is 0 Å². The lowest BCUT2D eigenvalue weighted by Gasteiger charge is -2.03. The maximum absolute atomic E-state index is 12.0. The van der Waals surface area contributed by atoms with Gasteiger partial charge in [0.2, 0.25) is 0 Å². The maximum Gasteiger partial charge on any atom is 0.258 e. The molecule has 20 heavy (non-hydrogen) atoms. The number of amides is 1. The van der Waals surface area contributed by atoms with E-state index in [4.69, 9.17) is 0 Å². The predicted molar refractivity (Wildman–Crippen MR) is 70.4 cm³/mol. The monoisotopic (exact) mass is 269 g/mol. The topological polar surface area (TPSA) is 101 Å². The molecular weight excluding hydrogens is 258 g/mol. The van der Waals surface area contributed by atoms with Gasteiger partial charge in [-0.3, -0.25) is 9.89 Å². The molecule has 8 nitrogen and oxygen atoms in total. The smallest absolute Gasteiger partial charge is 0.258 e. The molecule has 0 atom stereocenters. The van der Waals surface area contributed by atoms with Crippen LogP contribution in [0.15, 0.2) is 37.1 Å². The molecule has 0 fully saturated rings. The third-order valence-electron chi connectivity index (χ3n) is 2.61. The van der Waals surface area contributed by atoms with Crippen molar-refractivity contribution < 1.29 is 4.79 Å². The van der Waals surface area contributed by atoms with Gasteiger partial charge in [0.25, 0.3) is 5.91 Å². The van der Waals surface area contributed by atoms with Gasteiger partial charge in [0, 0.05) is 18.0 Å². The van der Waals surface area contributed by atoms with Crippen molar-refractivity contribution in [1.82, 2.24) is 29.9 Å². The van der Waals surface area contributed by atoms with E-state index >= 15 is 0 Å². The van der Waals surface area contributed by atoms with Crippen molar-refractivity contribution in [3.05, 3.63) is 48.3 Å². The lowest BCUT2D eigenvalue weighted by atomic mass is 10.2. The fourth-order valence-corrected chi connectivity index (χ4v) is 1.65. The number of rotatable bonds is 3. The van der Waals surface area contributed by atoms with Gasteiger partial charge in [0.05, 0.1) is 5.56 Å². The second-order valence-corrected chi connectivity index (χ2v) is 4.14. The molecule has 3 aromatic heterocycles. The minimum atomic E-state index is -0.269. The first-order valence-electron chi connectivity index (χ1n) is 5.87. The molecule has 0 saturated carbocycles. The minimum Gasteiger partial charge on any atom is -0.305 e. The Balaban J connectivity index is 1.75. The highest BCUT2D eigenvalue weighted by Crippen LogP contribution is 2.08. The quantitative estimate of drug-likeness (QED) is 0.737. The Labute approximate surface area is 113 Å². The van der Waals surface area contributed by atoms with Crippen LogP contribution in [0.4, 0.5) is 5.82 Å². The Hall–Kier alpha value is -3.03. The third kappa shape index (κ3) is 2.39. The Kier molecular flexibility index (Phi) is 2.96. The molecule has 0 bridgehead atoms. The van der Waals surface area contributed by atoms with E-state index in [0.29, 0.717) is 17.2 Å². The second-order valence-electron chi connectivity index (χ2n) is 4.14. The van der Waals surface area contributed by atoms with Crippen molar-refractivity contribution in [3.8, 4) is 5.82 Å². The molecular formula is C12H11N7O. The number of hydrogen-bond acceptors (Lipinski definition) is 5. The SMILES string of the molecule is Cc1cc(NC(=O)c2ccc(-n3cncn3)nc2)n[nH]1. The Morgan fingerprint density at radius 1 is 1.40 bits per heavy atom. The van der Waals surface area contributed by atoms with E-state index < -0.39 is 0 Å². The van der Waals surface area contributed by atoms with E-state index in [2.05, 4.69) is 30.6 Å². The number of aromatic amines is 1. The molecule has 0 aliphatic carbocycles. The third-order valence-corrected chi connectivity index (χ3v) is 2.61. The molecule has 3 aromatic rings. The number of H-pyrrole nitrogens is 1. The summed E-state index contributed by atoms with van der Waals surface area (Å²) in [6.07, 6.45) is 4.43. The van der Waals surface area contributed by atoms with Crippen LogP contribution in [0.3, 0.4) is 0 Å². The van der Waals surface area contributed by atoms with Gasteiger partial charge in [-0.2, -0.15) is 10.2 Å². The van der Waals surface area contributed by atoms with E-state index in [-0.39, 0.29) is 5.91 Å². The van der Waals surface area contributed by atoms with Gasteiger partial charge in [0.1, 0.15) is 12.7 Å². The van der Waals surface area contributed by atoms with E-state index in [0.717, 1.165) is 5.69 Å². The number of carbonyl (C=O) groups is 1. The van der Waals surface area contributed by atoms with Crippen LogP contribution in [-0.4, -0.2) is 35.9 Å². The van der Waals surface area contributed by atoms with Crippen molar-refractivity contribution in [1.29, 1.82) is 0 Å². The number of hydrogen-bond donors (Lipinski definition) is 2. The lowest BCUT2D eigenvalue weighted by Crippen LogP contribution is -2.13. The maximum atomic E-state index is 12.0. The zero-order valence-corrected chi connectivity index (χ0v) is 10.6. The highest BCUT2D eigenvalue weighted by atomic mass is 16.1. The van der Waals surface area contributed by atoms with E-state index in [9.17, 15) is 4.79 Å². The van der Waals surface area contributed by atoms with E-state index in [1.165, 1.54) is 23.5 Å². The molecule has 0 aliphatic heterocycles. The average molecular weight is 269 g/mol. The molecule has 3 heterocycles. The number of aryl methyl sites for hydroxylation is 1. The van der Waals surface area contributed by atoms with E-state index in [1.807, 2.05) is 6.92 Å². The summed E-state index contributed by atoms with van der Waals surface area (Å²) in [5.74, 6) is 0.802. The fraction of sp³-hybridized carbons (Fsp3) is 0.0833.